The molecular formula is C12H16IN3O2. The lowest BCUT2D eigenvalue weighted by molar-refractivity contribution is 0.0768. The van der Waals surface area contributed by atoms with Crippen molar-refractivity contribution in [2.75, 3.05) is 13.1 Å². The Kier molecular flexibility index (Phi) is 5.90. The van der Waals surface area contributed by atoms with Crippen LogP contribution in [0.2, 0.25) is 0 Å². The number of amidine groups is 1. The van der Waals surface area contributed by atoms with Gasteiger partial charge in [0.25, 0.3) is 5.91 Å². The molecule has 0 unspecified atom stereocenters. The van der Waals surface area contributed by atoms with E-state index in [1.807, 2.05) is 19.1 Å². The lowest BCUT2D eigenvalue weighted by atomic mass is 10.2. The molecule has 1 aromatic rings. The average molecular weight is 361 g/mol. The number of rotatable bonds is 5. The fourth-order valence-electron chi connectivity index (χ4n) is 1.48. The summed E-state index contributed by atoms with van der Waals surface area (Å²) in [5.41, 5.74) is 6.05. The normalized spacial score (nSPS) is 11.3. The number of hydrogen-bond acceptors (Lipinski definition) is 3. The van der Waals surface area contributed by atoms with Crippen molar-refractivity contribution in [3.63, 3.8) is 0 Å². The number of hydrogen-bond donors (Lipinski definition) is 2. The topological polar surface area (TPSA) is 78.9 Å². The summed E-state index contributed by atoms with van der Waals surface area (Å²) in [6, 6.07) is 7.39. The van der Waals surface area contributed by atoms with E-state index >= 15 is 0 Å². The van der Waals surface area contributed by atoms with Crippen molar-refractivity contribution in [3.8, 4) is 0 Å². The lowest BCUT2D eigenvalue weighted by Gasteiger charge is -2.20. The van der Waals surface area contributed by atoms with Gasteiger partial charge in [-0.1, -0.05) is 5.16 Å². The van der Waals surface area contributed by atoms with Crippen molar-refractivity contribution in [1.29, 1.82) is 0 Å². The predicted molar refractivity (Wildman–Crippen MR) is 78.8 cm³/mol. The van der Waals surface area contributed by atoms with Crippen LogP contribution in [0, 0.1) is 3.57 Å². The molecule has 0 aliphatic rings. The monoisotopic (exact) mass is 361 g/mol. The molecule has 0 aliphatic carbocycles. The predicted octanol–water partition coefficient (Wildman–Crippen LogP) is 1.89. The maximum Gasteiger partial charge on any atom is 0.253 e. The van der Waals surface area contributed by atoms with Gasteiger partial charge in [-0.15, -0.1) is 0 Å². The molecule has 0 atom stereocenters. The maximum atomic E-state index is 12.2. The van der Waals surface area contributed by atoms with Crippen LogP contribution in [0.3, 0.4) is 0 Å². The van der Waals surface area contributed by atoms with Crippen molar-refractivity contribution in [2.24, 2.45) is 10.9 Å². The van der Waals surface area contributed by atoms with Crippen LogP contribution in [0.5, 0.6) is 0 Å². The molecule has 0 saturated carbocycles. The summed E-state index contributed by atoms with van der Waals surface area (Å²) in [6.07, 6.45) is 0.362. The number of nitrogens with zero attached hydrogens (tertiary/aromatic N) is 2. The minimum absolute atomic E-state index is 0.0420. The summed E-state index contributed by atoms with van der Waals surface area (Å²) in [6.45, 7) is 2.93. The molecule has 3 N–H and O–H groups in total. The second kappa shape index (κ2) is 7.20. The molecule has 0 spiro atoms. The summed E-state index contributed by atoms with van der Waals surface area (Å²) < 4.78 is 1.09. The van der Waals surface area contributed by atoms with Crippen molar-refractivity contribution in [3.05, 3.63) is 33.4 Å². The zero-order valence-corrected chi connectivity index (χ0v) is 12.3. The Balaban J connectivity index is 2.70. The molecular weight excluding hydrogens is 345 g/mol. The van der Waals surface area contributed by atoms with Crippen molar-refractivity contribution in [1.82, 2.24) is 4.90 Å². The smallest absolute Gasteiger partial charge is 0.253 e. The van der Waals surface area contributed by atoms with Crippen LogP contribution in [0.4, 0.5) is 0 Å². The van der Waals surface area contributed by atoms with Crippen molar-refractivity contribution < 1.29 is 10.0 Å². The van der Waals surface area contributed by atoms with Crippen molar-refractivity contribution in [2.45, 2.75) is 13.3 Å². The van der Waals surface area contributed by atoms with Gasteiger partial charge < -0.3 is 15.8 Å². The van der Waals surface area contributed by atoms with Gasteiger partial charge in [-0.25, -0.2) is 0 Å². The van der Waals surface area contributed by atoms with Crippen LogP contribution in [0.25, 0.3) is 0 Å². The highest BCUT2D eigenvalue weighted by atomic mass is 127. The van der Waals surface area contributed by atoms with Crippen LogP contribution in [0.1, 0.15) is 23.7 Å². The van der Waals surface area contributed by atoms with Gasteiger partial charge in [0.15, 0.2) is 0 Å². The lowest BCUT2D eigenvalue weighted by Crippen LogP contribution is -2.33. The zero-order chi connectivity index (χ0) is 13.5. The molecule has 0 aromatic heterocycles. The number of amides is 1. The quantitative estimate of drug-likeness (QED) is 0.276. The first-order chi connectivity index (χ1) is 8.58. The third-order valence-electron chi connectivity index (χ3n) is 2.53. The molecule has 1 aromatic carbocycles. The Morgan fingerprint density at radius 1 is 1.44 bits per heavy atom. The van der Waals surface area contributed by atoms with Gasteiger partial charge >= 0.3 is 0 Å². The number of carbonyl (C=O) groups is 1. The van der Waals surface area contributed by atoms with Gasteiger partial charge in [0.2, 0.25) is 0 Å². The number of carbonyl (C=O) groups excluding carboxylic acids is 1. The largest absolute Gasteiger partial charge is 0.409 e. The van der Waals surface area contributed by atoms with Gasteiger partial charge in [-0.2, -0.15) is 0 Å². The molecule has 1 amide bonds. The minimum atomic E-state index is -0.0420. The Bertz CT molecular complexity index is 431. The molecule has 98 valence electrons. The summed E-state index contributed by atoms with van der Waals surface area (Å²) in [5.74, 6) is 0.0866. The zero-order valence-electron chi connectivity index (χ0n) is 10.1. The Labute approximate surface area is 120 Å². The van der Waals surface area contributed by atoms with E-state index in [1.54, 1.807) is 17.0 Å². The highest BCUT2D eigenvalue weighted by Crippen LogP contribution is 2.09. The number of benzene rings is 1. The fraction of sp³-hybridized carbons (Fsp3) is 0.333. The Morgan fingerprint density at radius 3 is 2.56 bits per heavy atom. The Morgan fingerprint density at radius 2 is 2.06 bits per heavy atom. The standard InChI is InChI=1S/C12H16IN3O2/c1-2-16(8-7-11(14)15-18)12(17)9-3-5-10(13)6-4-9/h3-6,18H,2,7-8H2,1H3,(H2,14,15). The van der Waals surface area contributed by atoms with Gasteiger partial charge in [0, 0.05) is 28.6 Å². The molecule has 6 heteroatoms. The van der Waals surface area contributed by atoms with Crippen molar-refractivity contribution >= 4 is 34.3 Å². The molecule has 1 rings (SSSR count). The number of nitrogens with two attached hydrogens (primary N) is 1. The molecule has 0 radical (unpaired) electrons. The minimum Gasteiger partial charge on any atom is -0.409 e. The van der Waals surface area contributed by atoms with E-state index in [-0.39, 0.29) is 11.7 Å². The molecule has 18 heavy (non-hydrogen) atoms. The Hall–Kier alpha value is -1.31. The maximum absolute atomic E-state index is 12.2. The first kappa shape index (κ1) is 14.7. The summed E-state index contributed by atoms with van der Waals surface area (Å²) in [4.78, 5) is 13.8. The van der Waals surface area contributed by atoms with Gasteiger partial charge in [-0.3, -0.25) is 4.79 Å². The van der Waals surface area contributed by atoms with Gasteiger partial charge in [-0.05, 0) is 53.8 Å². The number of halogens is 1. The molecule has 0 saturated heterocycles. The van der Waals surface area contributed by atoms with E-state index in [2.05, 4.69) is 27.7 Å². The first-order valence-electron chi connectivity index (χ1n) is 5.59. The van der Waals surface area contributed by atoms with Gasteiger partial charge in [0.1, 0.15) is 5.84 Å². The molecule has 0 aliphatic heterocycles. The van der Waals surface area contributed by atoms with E-state index in [4.69, 9.17) is 10.9 Å². The molecule has 0 fully saturated rings. The second-order valence-corrected chi connectivity index (χ2v) is 4.98. The van der Waals surface area contributed by atoms with E-state index in [1.165, 1.54) is 0 Å². The van der Waals surface area contributed by atoms with E-state index in [0.717, 1.165) is 3.57 Å². The van der Waals surface area contributed by atoms with Crippen LogP contribution < -0.4 is 5.73 Å². The molecule has 0 heterocycles. The van der Waals surface area contributed by atoms with E-state index in [0.29, 0.717) is 25.1 Å². The molecule has 0 bridgehead atoms. The fourth-order valence-corrected chi connectivity index (χ4v) is 1.84. The second-order valence-electron chi connectivity index (χ2n) is 3.73. The highest BCUT2D eigenvalue weighted by Gasteiger charge is 2.14. The van der Waals surface area contributed by atoms with E-state index in [9.17, 15) is 4.79 Å². The third kappa shape index (κ3) is 4.17. The average Bonchev–Trinajstić information content (AvgIpc) is 2.39. The summed E-state index contributed by atoms with van der Waals surface area (Å²) >= 11 is 2.19. The van der Waals surface area contributed by atoms with Crippen LogP contribution in [-0.4, -0.2) is 34.9 Å². The van der Waals surface area contributed by atoms with Gasteiger partial charge in [0.05, 0.1) is 0 Å². The molecule has 5 nitrogen and oxygen atoms in total. The summed E-state index contributed by atoms with van der Waals surface area (Å²) in [5, 5.41) is 11.4. The van der Waals surface area contributed by atoms with E-state index < -0.39 is 0 Å². The van der Waals surface area contributed by atoms with Crippen LogP contribution in [-0.2, 0) is 0 Å². The summed E-state index contributed by atoms with van der Waals surface area (Å²) in [7, 11) is 0. The van der Waals surface area contributed by atoms with Crippen LogP contribution in [0.15, 0.2) is 29.4 Å². The SMILES string of the molecule is CCN(CCC(N)=NO)C(=O)c1ccc(I)cc1. The highest BCUT2D eigenvalue weighted by molar-refractivity contribution is 14.1. The van der Waals surface area contributed by atoms with Crippen LogP contribution >= 0.6 is 22.6 Å². The third-order valence-corrected chi connectivity index (χ3v) is 3.25. The first-order valence-corrected chi connectivity index (χ1v) is 6.67. The number of oxime groups is 1.